The maximum Gasteiger partial charge on any atom is 0.243 e. The van der Waals surface area contributed by atoms with Crippen molar-refractivity contribution in [3.63, 3.8) is 0 Å². The van der Waals surface area contributed by atoms with Gasteiger partial charge >= 0.3 is 0 Å². The normalized spacial score (nSPS) is 10.4. The van der Waals surface area contributed by atoms with E-state index in [1.165, 1.54) is 4.80 Å². The van der Waals surface area contributed by atoms with Crippen molar-refractivity contribution in [3.05, 3.63) is 48.0 Å². The van der Waals surface area contributed by atoms with Gasteiger partial charge in [0, 0.05) is 17.7 Å². The molecule has 0 unspecified atom stereocenters. The topological polar surface area (TPSA) is 100 Å². The van der Waals surface area contributed by atoms with Crippen molar-refractivity contribution in [2.75, 3.05) is 21.3 Å². The number of benzene rings is 2. The fourth-order valence-electron chi connectivity index (χ4n) is 2.63. The van der Waals surface area contributed by atoms with Crippen LogP contribution < -0.4 is 19.5 Å². The summed E-state index contributed by atoms with van der Waals surface area (Å²) in [5.74, 6) is 2.04. The predicted octanol–water partition coefficient (Wildman–Crippen LogP) is 1.68. The molecule has 0 aliphatic heterocycles. The van der Waals surface area contributed by atoms with Gasteiger partial charge in [0.2, 0.25) is 11.7 Å². The third kappa shape index (κ3) is 4.37. The van der Waals surface area contributed by atoms with E-state index in [0.717, 1.165) is 11.3 Å². The number of methoxy groups -OCH3 is 3. The first-order valence-corrected chi connectivity index (χ1v) is 8.53. The molecule has 0 atom stereocenters. The van der Waals surface area contributed by atoms with Crippen LogP contribution in [-0.4, -0.2) is 47.4 Å². The number of hydrogen-bond donors (Lipinski definition) is 1. The van der Waals surface area contributed by atoms with Gasteiger partial charge in [-0.05, 0) is 29.5 Å². The van der Waals surface area contributed by atoms with E-state index in [0.29, 0.717) is 29.4 Å². The van der Waals surface area contributed by atoms with Crippen molar-refractivity contribution >= 4 is 5.91 Å². The second-order valence-electron chi connectivity index (χ2n) is 5.80. The Morgan fingerprint density at radius 2 is 1.75 bits per heavy atom. The summed E-state index contributed by atoms with van der Waals surface area (Å²) >= 11 is 0. The Kier molecular flexibility index (Phi) is 6.05. The molecule has 1 heterocycles. The largest absolute Gasteiger partial charge is 0.496 e. The van der Waals surface area contributed by atoms with E-state index in [9.17, 15) is 4.79 Å². The molecule has 28 heavy (non-hydrogen) atoms. The molecule has 0 spiro atoms. The molecular formula is C19H21N5O4. The van der Waals surface area contributed by atoms with Crippen LogP contribution in [0.1, 0.15) is 5.56 Å². The van der Waals surface area contributed by atoms with Gasteiger partial charge in [0.1, 0.15) is 12.3 Å². The number of amides is 1. The lowest BCUT2D eigenvalue weighted by atomic mass is 10.2. The standard InChI is InChI=1S/C19H21N5O4/c1-26-15-7-5-4-6-14(15)11-20-18(25)12-24-22-19(21-23-24)13-8-9-16(27-2)17(10-13)28-3/h4-10H,11-12H2,1-3H3,(H,20,25). The molecule has 1 N–H and O–H groups in total. The Morgan fingerprint density at radius 1 is 1.00 bits per heavy atom. The lowest BCUT2D eigenvalue weighted by Gasteiger charge is -2.09. The number of aromatic nitrogens is 4. The molecule has 0 saturated carbocycles. The molecule has 0 saturated heterocycles. The molecule has 0 radical (unpaired) electrons. The molecule has 2 aromatic carbocycles. The van der Waals surface area contributed by atoms with Crippen LogP contribution in [0.2, 0.25) is 0 Å². The maximum absolute atomic E-state index is 12.2. The van der Waals surface area contributed by atoms with Gasteiger partial charge in [0.15, 0.2) is 11.5 Å². The van der Waals surface area contributed by atoms with E-state index in [-0.39, 0.29) is 12.5 Å². The van der Waals surface area contributed by atoms with Crippen molar-refractivity contribution in [2.45, 2.75) is 13.1 Å². The summed E-state index contributed by atoms with van der Waals surface area (Å²) in [6, 6.07) is 12.8. The second kappa shape index (κ2) is 8.85. The first kappa shape index (κ1) is 19.2. The van der Waals surface area contributed by atoms with Crippen LogP contribution in [0.3, 0.4) is 0 Å². The molecule has 1 amide bonds. The molecule has 0 fully saturated rings. The highest BCUT2D eigenvalue weighted by Crippen LogP contribution is 2.30. The maximum atomic E-state index is 12.2. The lowest BCUT2D eigenvalue weighted by molar-refractivity contribution is -0.122. The summed E-state index contributed by atoms with van der Waals surface area (Å²) in [6.07, 6.45) is 0. The van der Waals surface area contributed by atoms with Gasteiger partial charge in [-0.15, -0.1) is 10.2 Å². The summed E-state index contributed by atoms with van der Waals surface area (Å²) in [4.78, 5) is 13.4. The first-order valence-electron chi connectivity index (χ1n) is 8.53. The fourth-order valence-corrected chi connectivity index (χ4v) is 2.63. The van der Waals surface area contributed by atoms with Gasteiger partial charge in [-0.3, -0.25) is 4.79 Å². The highest BCUT2D eigenvalue weighted by molar-refractivity contribution is 5.75. The molecule has 0 aliphatic rings. The number of rotatable bonds is 8. The van der Waals surface area contributed by atoms with Crippen molar-refractivity contribution in [1.29, 1.82) is 0 Å². The van der Waals surface area contributed by atoms with Crippen molar-refractivity contribution in [1.82, 2.24) is 25.5 Å². The second-order valence-corrected chi connectivity index (χ2v) is 5.80. The van der Waals surface area contributed by atoms with Crippen LogP contribution in [0.4, 0.5) is 0 Å². The molecule has 9 nitrogen and oxygen atoms in total. The average Bonchev–Trinajstić information content (AvgIpc) is 3.20. The monoisotopic (exact) mass is 383 g/mol. The minimum absolute atomic E-state index is 0.0462. The molecule has 3 aromatic rings. The number of ether oxygens (including phenoxy) is 3. The summed E-state index contributed by atoms with van der Waals surface area (Å²) in [7, 11) is 4.71. The zero-order chi connectivity index (χ0) is 19.9. The van der Waals surface area contributed by atoms with Gasteiger partial charge in [0.05, 0.1) is 21.3 Å². The molecule has 3 rings (SSSR count). The van der Waals surface area contributed by atoms with E-state index >= 15 is 0 Å². The van der Waals surface area contributed by atoms with Crippen molar-refractivity contribution in [2.24, 2.45) is 0 Å². The van der Waals surface area contributed by atoms with Crippen LogP contribution in [0.15, 0.2) is 42.5 Å². The highest BCUT2D eigenvalue weighted by Gasteiger charge is 2.12. The Bertz CT molecular complexity index is 957. The van der Waals surface area contributed by atoms with E-state index < -0.39 is 0 Å². The number of carbonyl (C=O) groups is 1. The van der Waals surface area contributed by atoms with E-state index in [1.54, 1.807) is 39.5 Å². The van der Waals surface area contributed by atoms with Gasteiger partial charge in [-0.25, -0.2) is 0 Å². The Morgan fingerprint density at radius 3 is 2.50 bits per heavy atom. The minimum atomic E-state index is -0.234. The van der Waals surface area contributed by atoms with Gasteiger partial charge in [-0.2, -0.15) is 4.80 Å². The summed E-state index contributed by atoms with van der Waals surface area (Å²) in [5.41, 5.74) is 1.59. The number of hydrogen-bond acceptors (Lipinski definition) is 7. The zero-order valence-corrected chi connectivity index (χ0v) is 15.9. The zero-order valence-electron chi connectivity index (χ0n) is 15.9. The van der Waals surface area contributed by atoms with E-state index in [1.807, 2.05) is 24.3 Å². The summed E-state index contributed by atoms with van der Waals surface area (Å²) < 4.78 is 15.8. The summed E-state index contributed by atoms with van der Waals surface area (Å²) in [6.45, 7) is 0.301. The van der Waals surface area contributed by atoms with Gasteiger partial charge < -0.3 is 19.5 Å². The average molecular weight is 383 g/mol. The Hall–Kier alpha value is -3.62. The van der Waals surface area contributed by atoms with Crippen molar-refractivity contribution < 1.29 is 19.0 Å². The van der Waals surface area contributed by atoms with Gasteiger partial charge in [0.25, 0.3) is 0 Å². The van der Waals surface area contributed by atoms with Crippen LogP contribution in [0.5, 0.6) is 17.2 Å². The Balaban J connectivity index is 1.63. The smallest absolute Gasteiger partial charge is 0.243 e. The molecule has 0 aliphatic carbocycles. The SMILES string of the molecule is COc1ccccc1CNC(=O)Cn1nnc(-c2ccc(OC)c(OC)c2)n1. The van der Waals surface area contributed by atoms with Crippen LogP contribution in [0.25, 0.3) is 11.4 Å². The Labute approximate surface area is 162 Å². The number of nitrogens with one attached hydrogen (secondary N) is 1. The number of carbonyl (C=O) groups excluding carboxylic acids is 1. The van der Waals surface area contributed by atoms with Crippen LogP contribution in [0, 0.1) is 0 Å². The third-order valence-corrected chi connectivity index (χ3v) is 4.05. The number of para-hydroxylation sites is 1. The highest BCUT2D eigenvalue weighted by atomic mass is 16.5. The van der Waals surface area contributed by atoms with Crippen LogP contribution in [-0.2, 0) is 17.9 Å². The molecular weight excluding hydrogens is 362 g/mol. The molecule has 9 heteroatoms. The van der Waals surface area contributed by atoms with Crippen LogP contribution >= 0.6 is 0 Å². The molecule has 0 bridgehead atoms. The third-order valence-electron chi connectivity index (χ3n) is 4.05. The quantitative estimate of drug-likeness (QED) is 0.632. The minimum Gasteiger partial charge on any atom is -0.496 e. The van der Waals surface area contributed by atoms with Crippen molar-refractivity contribution in [3.8, 4) is 28.6 Å². The fraction of sp³-hybridized carbons (Fsp3) is 0.263. The number of tetrazole rings is 1. The van der Waals surface area contributed by atoms with E-state index in [4.69, 9.17) is 14.2 Å². The van der Waals surface area contributed by atoms with Gasteiger partial charge in [-0.1, -0.05) is 18.2 Å². The summed E-state index contributed by atoms with van der Waals surface area (Å²) in [5, 5.41) is 15.0. The lowest BCUT2D eigenvalue weighted by Crippen LogP contribution is -2.28. The molecule has 146 valence electrons. The molecule has 1 aromatic heterocycles. The predicted molar refractivity (Wildman–Crippen MR) is 101 cm³/mol. The van der Waals surface area contributed by atoms with E-state index in [2.05, 4.69) is 20.7 Å². The number of nitrogens with zero attached hydrogens (tertiary/aromatic N) is 4. The first-order chi connectivity index (χ1) is 13.6.